The van der Waals surface area contributed by atoms with Gasteiger partial charge in [-0.2, -0.15) is 4.99 Å². The summed E-state index contributed by atoms with van der Waals surface area (Å²) in [6.07, 6.45) is 0. The van der Waals surface area contributed by atoms with Gasteiger partial charge in [-0.25, -0.2) is 4.99 Å². The first-order chi connectivity index (χ1) is 7.82. The van der Waals surface area contributed by atoms with Crippen LogP contribution in [-0.4, -0.2) is 11.9 Å². The van der Waals surface area contributed by atoms with Gasteiger partial charge < -0.3 is 17.2 Å². The fraction of sp³-hybridized carbons (Fsp3) is 0.111. The van der Waals surface area contributed by atoms with Crippen LogP contribution in [0.5, 0.6) is 0 Å². The van der Waals surface area contributed by atoms with Gasteiger partial charge in [0.2, 0.25) is 5.96 Å². The van der Waals surface area contributed by atoms with Crippen LogP contribution >= 0.6 is 34.8 Å². The van der Waals surface area contributed by atoms with E-state index in [0.29, 0.717) is 16.3 Å². The summed E-state index contributed by atoms with van der Waals surface area (Å²) < 4.78 is 0. The summed E-state index contributed by atoms with van der Waals surface area (Å²) in [6, 6.07) is 1.53. The molecule has 0 amide bonds. The molecule has 0 aliphatic rings. The second-order valence-corrected chi connectivity index (χ2v) is 4.30. The smallest absolute Gasteiger partial charge is 0.223 e. The van der Waals surface area contributed by atoms with Crippen molar-refractivity contribution in [3.05, 3.63) is 26.7 Å². The normalized spacial score (nSPS) is 11.4. The standard InChI is InChI=1S/C9H10Cl3N5/c1-3-5(16-9(15)17-8(13)14)2-4(10)7(12)6(3)11/h2H,1H3,(H6,13,14,15,16,17). The highest BCUT2D eigenvalue weighted by Gasteiger charge is 2.11. The molecule has 0 aliphatic heterocycles. The van der Waals surface area contributed by atoms with Crippen LogP contribution in [-0.2, 0) is 0 Å². The molecule has 6 N–H and O–H groups in total. The summed E-state index contributed by atoms with van der Waals surface area (Å²) in [6.45, 7) is 1.73. The number of halogens is 3. The lowest BCUT2D eigenvalue weighted by atomic mass is 10.2. The highest BCUT2D eigenvalue weighted by molar-refractivity contribution is 6.48. The van der Waals surface area contributed by atoms with E-state index in [1.54, 1.807) is 6.92 Å². The van der Waals surface area contributed by atoms with Gasteiger partial charge in [-0.1, -0.05) is 34.8 Å². The van der Waals surface area contributed by atoms with E-state index >= 15 is 0 Å². The van der Waals surface area contributed by atoms with Crippen molar-refractivity contribution in [2.24, 2.45) is 27.2 Å². The number of hydrogen-bond acceptors (Lipinski definition) is 1. The average molecular weight is 295 g/mol. The first-order valence-electron chi connectivity index (χ1n) is 4.40. The maximum absolute atomic E-state index is 5.97. The molecule has 0 spiro atoms. The molecule has 0 aliphatic carbocycles. The largest absolute Gasteiger partial charge is 0.370 e. The van der Waals surface area contributed by atoms with E-state index in [1.807, 2.05) is 0 Å². The van der Waals surface area contributed by atoms with Crippen molar-refractivity contribution in [2.45, 2.75) is 6.92 Å². The lowest BCUT2D eigenvalue weighted by molar-refractivity contribution is 1.34. The van der Waals surface area contributed by atoms with Crippen LogP contribution in [0.25, 0.3) is 0 Å². The van der Waals surface area contributed by atoms with Gasteiger partial charge in [0.1, 0.15) is 0 Å². The van der Waals surface area contributed by atoms with Crippen LogP contribution in [0, 0.1) is 6.92 Å². The van der Waals surface area contributed by atoms with Crippen LogP contribution in [0.2, 0.25) is 15.1 Å². The predicted octanol–water partition coefficient (Wildman–Crippen LogP) is 2.17. The molecule has 0 saturated heterocycles. The minimum Gasteiger partial charge on any atom is -0.370 e. The zero-order valence-electron chi connectivity index (χ0n) is 8.84. The number of aliphatic imine (C=N–C) groups is 2. The fourth-order valence-corrected chi connectivity index (χ4v) is 1.71. The van der Waals surface area contributed by atoms with Gasteiger partial charge in [-0.05, 0) is 18.6 Å². The average Bonchev–Trinajstić information content (AvgIpc) is 2.21. The zero-order valence-corrected chi connectivity index (χ0v) is 11.1. The Bertz CT molecular complexity index is 506. The van der Waals surface area contributed by atoms with Gasteiger partial charge in [-0.15, -0.1) is 0 Å². The van der Waals surface area contributed by atoms with Gasteiger partial charge in [-0.3, -0.25) is 0 Å². The van der Waals surface area contributed by atoms with Gasteiger partial charge in [0.15, 0.2) is 5.96 Å². The molecule has 0 bridgehead atoms. The lowest BCUT2D eigenvalue weighted by Crippen LogP contribution is -2.26. The zero-order chi connectivity index (χ0) is 13.2. The molecule has 0 fully saturated rings. The Labute approximate surface area is 113 Å². The molecule has 1 aromatic rings. The quantitative estimate of drug-likeness (QED) is 0.420. The van der Waals surface area contributed by atoms with Gasteiger partial charge in [0, 0.05) is 0 Å². The van der Waals surface area contributed by atoms with Crippen LogP contribution < -0.4 is 17.2 Å². The van der Waals surface area contributed by atoms with Crippen molar-refractivity contribution >= 4 is 52.4 Å². The Morgan fingerprint density at radius 3 is 2.24 bits per heavy atom. The minimum absolute atomic E-state index is 0.0949. The molecule has 0 aromatic heterocycles. The Morgan fingerprint density at radius 1 is 1.12 bits per heavy atom. The molecule has 5 nitrogen and oxygen atoms in total. The second-order valence-electron chi connectivity index (χ2n) is 3.14. The maximum atomic E-state index is 5.97. The molecule has 0 atom stereocenters. The highest BCUT2D eigenvalue weighted by Crippen LogP contribution is 2.38. The fourth-order valence-electron chi connectivity index (χ4n) is 1.07. The third kappa shape index (κ3) is 3.39. The molecule has 1 rings (SSSR count). The highest BCUT2D eigenvalue weighted by atomic mass is 35.5. The number of rotatable bonds is 1. The van der Waals surface area contributed by atoms with E-state index in [2.05, 4.69) is 9.98 Å². The van der Waals surface area contributed by atoms with Crippen LogP contribution in [0.1, 0.15) is 5.56 Å². The number of nitrogens with two attached hydrogens (primary N) is 3. The van der Waals surface area contributed by atoms with E-state index in [4.69, 9.17) is 52.0 Å². The maximum Gasteiger partial charge on any atom is 0.223 e. The molecule has 8 heteroatoms. The molecule has 0 heterocycles. The Balaban J connectivity index is 3.30. The van der Waals surface area contributed by atoms with E-state index < -0.39 is 0 Å². The predicted molar refractivity (Wildman–Crippen MR) is 73.3 cm³/mol. The van der Waals surface area contributed by atoms with Crippen molar-refractivity contribution in [2.75, 3.05) is 0 Å². The molecule has 17 heavy (non-hydrogen) atoms. The molecule has 92 valence electrons. The third-order valence-electron chi connectivity index (χ3n) is 1.86. The van der Waals surface area contributed by atoms with Gasteiger partial charge >= 0.3 is 0 Å². The van der Waals surface area contributed by atoms with Crippen molar-refractivity contribution in [3.8, 4) is 0 Å². The van der Waals surface area contributed by atoms with Crippen LogP contribution in [0.3, 0.4) is 0 Å². The molecule has 0 saturated carbocycles. The summed E-state index contributed by atoms with van der Waals surface area (Å²) in [5.41, 5.74) is 16.9. The third-order valence-corrected chi connectivity index (χ3v) is 3.21. The first-order valence-corrected chi connectivity index (χ1v) is 5.54. The molecule has 0 unspecified atom stereocenters. The van der Waals surface area contributed by atoms with E-state index in [1.165, 1.54) is 6.07 Å². The number of hydrogen-bond donors (Lipinski definition) is 3. The summed E-state index contributed by atoms with van der Waals surface area (Å²) in [7, 11) is 0. The SMILES string of the molecule is Cc1c(N=C(N)N=C(N)N)cc(Cl)c(Cl)c1Cl. The van der Waals surface area contributed by atoms with E-state index in [0.717, 1.165) is 0 Å². The Morgan fingerprint density at radius 2 is 1.71 bits per heavy atom. The van der Waals surface area contributed by atoms with E-state index in [-0.39, 0.29) is 22.0 Å². The molecule has 1 aromatic carbocycles. The van der Waals surface area contributed by atoms with Crippen LogP contribution in [0.4, 0.5) is 5.69 Å². The lowest BCUT2D eigenvalue weighted by Gasteiger charge is -2.07. The Hall–Kier alpha value is -1.17. The number of guanidine groups is 2. The topological polar surface area (TPSA) is 103 Å². The van der Waals surface area contributed by atoms with Gasteiger partial charge in [0.25, 0.3) is 0 Å². The van der Waals surface area contributed by atoms with Crippen molar-refractivity contribution < 1.29 is 0 Å². The Kier molecular flexibility index (Phi) is 4.45. The minimum atomic E-state index is -0.185. The monoisotopic (exact) mass is 293 g/mol. The van der Waals surface area contributed by atoms with Crippen molar-refractivity contribution in [3.63, 3.8) is 0 Å². The summed E-state index contributed by atoms with van der Waals surface area (Å²) >= 11 is 17.7. The number of benzene rings is 1. The summed E-state index contributed by atoms with van der Waals surface area (Å²) in [5, 5.41) is 0.860. The van der Waals surface area contributed by atoms with Crippen molar-refractivity contribution in [1.29, 1.82) is 0 Å². The van der Waals surface area contributed by atoms with Crippen molar-refractivity contribution in [1.82, 2.24) is 0 Å². The second kappa shape index (κ2) is 5.44. The van der Waals surface area contributed by atoms with Crippen LogP contribution in [0.15, 0.2) is 16.1 Å². The first kappa shape index (κ1) is 13.9. The van der Waals surface area contributed by atoms with Gasteiger partial charge in [0.05, 0.1) is 20.8 Å². The summed E-state index contributed by atoms with van der Waals surface area (Å²) in [4.78, 5) is 7.56. The molecular formula is C9H10Cl3N5. The number of nitrogens with zero attached hydrogens (tertiary/aromatic N) is 2. The molecule has 0 radical (unpaired) electrons. The molecular weight excluding hydrogens is 284 g/mol. The summed E-state index contributed by atoms with van der Waals surface area (Å²) in [5.74, 6) is -0.280. The van der Waals surface area contributed by atoms with E-state index in [9.17, 15) is 0 Å².